The second-order valence-electron chi connectivity index (χ2n) is 3.69. The number of aromatic nitrogens is 1. The van der Waals surface area contributed by atoms with E-state index >= 15 is 0 Å². The van der Waals surface area contributed by atoms with Crippen molar-refractivity contribution >= 4 is 33.6 Å². The molecule has 90 valence electrons. The van der Waals surface area contributed by atoms with Crippen molar-refractivity contribution in [1.82, 2.24) is 9.88 Å². The smallest absolute Gasteiger partial charge is 0.268 e. The first kappa shape index (κ1) is 13.6. The summed E-state index contributed by atoms with van der Waals surface area (Å²) in [4.78, 5) is 12.0. The van der Waals surface area contributed by atoms with Gasteiger partial charge in [-0.15, -0.1) is 0 Å². The molecule has 5 heteroatoms. The summed E-state index contributed by atoms with van der Waals surface area (Å²) in [7, 11) is 1.87. The highest BCUT2D eigenvalue weighted by Gasteiger charge is 2.14. The fourth-order valence-electron chi connectivity index (χ4n) is 1.47. The summed E-state index contributed by atoms with van der Waals surface area (Å²) in [5.74, 6) is 0.947. The van der Waals surface area contributed by atoms with Gasteiger partial charge in [-0.25, -0.2) is 0 Å². The number of nitrogens with zero attached hydrogens (tertiary/aromatic N) is 1. The predicted octanol–water partition coefficient (Wildman–Crippen LogP) is 2.66. The maximum Gasteiger partial charge on any atom is 0.268 e. The Morgan fingerprint density at radius 1 is 1.69 bits per heavy atom. The lowest BCUT2D eigenvalue weighted by molar-refractivity contribution is 0.0932. The molecule has 0 aliphatic rings. The molecule has 3 nitrogen and oxygen atoms in total. The van der Waals surface area contributed by atoms with Gasteiger partial charge >= 0.3 is 0 Å². The van der Waals surface area contributed by atoms with Gasteiger partial charge in [-0.05, 0) is 34.7 Å². The topological polar surface area (TPSA) is 34.0 Å². The molecule has 1 heterocycles. The minimum atomic E-state index is -0.00546. The summed E-state index contributed by atoms with van der Waals surface area (Å²) in [6.07, 6.45) is 4.89. The van der Waals surface area contributed by atoms with Crippen LogP contribution in [0.4, 0.5) is 0 Å². The monoisotopic (exact) mass is 304 g/mol. The summed E-state index contributed by atoms with van der Waals surface area (Å²) < 4.78 is 2.75. The molecule has 1 unspecified atom stereocenters. The molecule has 1 amide bonds. The maximum atomic E-state index is 12.0. The van der Waals surface area contributed by atoms with Crippen LogP contribution in [0.3, 0.4) is 0 Å². The third kappa shape index (κ3) is 3.56. The number of nitrogens with one attached hydrogen (secondary N) is 1. The van der Waals surface area contributed by atoms with Crippen LogP contribution in [0.25, 0.3) is 0 Å². The van der Waals surface area contributed by atoms with Gasteiger partial charge in [-0.3, -0.25) is 4.79 Å². The molecule has 0 saturated heterocycles. The molecule has 0 radical (unpaired) electrons. The standard InChI is InChI=1S/C11H17BrN2OS/c1-4-9(7-16-3)13-11(15)10-5-8(12)6-14(10)2/h5-6,9H,4,7H2,1-3H3,(H,13,15). The van der Waals surface area contributed by atoms with E-state index in [2.05, 4.69) is 28.2 Å². The van der Waals surface area contributed by atoms with E-state index in [1.807, 2.05) is 30.1 Å². The number of thioether (sulfide) groups is 1. The van der Waals surface area contributed by atoms with Gasteiger partial charge in [0.1, 0.15) is 5.69 Å². The molecule has 0 aliphatic heterocycles. The van der Waals surface area contributed by atoms with Crippen molar-refractivity contribution in [2.24, 2.45) is 7.05 Å². The Hall–Kier alpha value is -0.420. The van der Waals surface area contributed by atoms with Gasteiger partial charge in [-0.1, -0.05) is 6.92 Å². The van der Waals surface area contributed by atoms with Gasteiger partial charge in [0.2, 0.25) is 0 Å². The average Bonchev–Trinajstić information content (AvgIpc) is 2.57. The van der Waals surface area contributed by atoms with Gasteiger partial charge in [0, 0.05) is 29.5 Å². The number of rotatable bonds is 5. The molecule has 0 fully saturated rings. The van der Waals surface area contributed by atoms with E-state index < -0.39 is 0 Å². The minimum Gasteiger partial charge on any atom is -0.347 e. The maximum absolute atomic E-state index is 12.0. The Labute approximate surface area is 109 Å². The largest absolute Gasteiger partial charge is 0.347 e. The van der Waals surface area contributed by atoms with Crippen LogP contribution in [-0.4, -0.2) is 28.5 Å². The summed E-state index contributed by atoms with van der Waals surface area (Å²) in [5, 5.41) is 3.04. The first-order valence-corrected chi connectivity index (χ1v) is 7.38. The van der Waals surface area contributed by atoms with E-state index in [4.69, 9.17) is 0 Å². The van der Waals surface area contributed by atoms with E-state index in [1.165, 1.54) is 0 Å². The summed E-state index contributed by atoms with van der Waals surface area (Å²) in [6.45, 7) is 2.09. The van der Waals surface area contributed by atoms with Gasteiger partial charge in [0.05, 0.1) is 0 Å². The first-order valence-electron chi connectivity index (χ1n) is 5.20. The first-order chi connectivity index (χ1) is 7.58. The molecule has 0 saturated carbocycles. The molecule has 1 atom stereocenters. The molecule has 1 aromatic rings. The fraction of sp³-hybridized carbons (Fsp3) is 0.545. The lowest BCUT2D eigenvalue weighted by atomic mass is 10.2. The van der Waals surface area contributed by atoms with Crippen LogP contribution in [0.15, 0.2) is 16.7 Å². The van der Waals surface area contributed by atoms with Crippen LogP contribution in [0.2, 0.25) is 0 Å². The van der Waals surface area contributed by atoms with E-state index in [1.54, 1.807) is 11.8 Å². The minimum absolute atomic E-state index is 0.00546. The van der Waals surface area contributed by atoms with Crippen molar-refractivity contribution in [1.29, 1.82) is 0 Å². The van der Waals surface area contributed by atoms with Crippen LogP contribution >= 0.6 is 27.7 Å². The van der Waals surface area contributed by atoms with Crippen LogP contribution < -0.4 is 5.32 Å². The Morgan fingerprint density at radius 2 is 2.38 bits per heavy atom. The van der Waals surface area contributed by atoms with Crippen molar-refractivity contribution in [3.63, 3.8) is 0 Å². The molecular weight excluding hydrogens is 288 g/mol. The van der Waals surface area contributed by atoms with E-state index in [0.29, 0.717) is 5.69 Å². The van der Waals surface area contributed by atoms with Crippen LogP contribution in [0.1, 0.15) is 23.8 Å². The van der Waals surface area contributed by atoms with Gasteiger partial charge in [0.15, 0.2) is 0 Å². The summed E-state index contributed by atoms with van der Waals surface area (Å²) in [5.41, 5.74) is 0.687. The van der Waals surface area contributed by atoms with Gasteiger partial charge < -0.3 is 9.88 Å². The van der Waals surface area contributed by atoms with E-state index in [9.17, 15) is 4.79 Å². The number of amides is 1. The van der Waals surface area contributed by atoms with Gasteiger partial charge in [0.25, 0.3) is 5.91 Å². The fourth-order valence-corrected chi connectivity index (χ4v) is 2.72. The number of carbonyl (C=O) groups is 1. The number of halogens is 1. The van der Waals surface area contributed by atoms with Crippen molar-refractivity contribution in [3.8, 4) is 0 Å². The number of aryl methyl sites for hydroxylation is 1. The molecule has 0 bridgehead atoms. The predicted molar refractivity (Wildman–Crippen MR) is 73.0 cm³/mol. The van der Waals surface area contributed by atoms with Crippen molar-refractivity contribution < 1.29 is 4.79 Å². The number of hydrogen-bond donors (Lipinski definition) is 1. The summed E-state index contributed by atoms with van der Waals surface area (Å²) in [6, 6.07) is 2.08. The molecular formula is C11H17BrN2OS. The normalized spacial score (nSPS) is 12.5. The third-order valence-electron chi connectivity index (χ3n) is 2.40. The average molecular weight is 305 g/mol. The SMILES string of the molecule is CCC(CSC)NC(=O)c1cc(Br)cn1C. The highest BCUT2D eigenvalue weighted by atomic mass is 79.9. The lowest BCUT2D eigenvalue weighted by Gasteiger charge is -2.15. The molecule has 0 aromatic carbocycles. The van der Waals surface area contributed by atoms with Crippen molar-refractivity contribution in [3.05, 3.63) is 22.4 Å². The molecule has 1 rings (SSSR count). The van der Waals surface area contributed by atoms with Gasteiger partial charge in [-0.2, -0.15) is 11.8 Å². The molecule has 16 heavy (non-hydrogen) atoms. The Balaban J connectivity index is 2.67. The molecule has 1 aromatic heterocycles. The van der Waals surface area contributed by atoms with Crippen molar-refractivity contribution in [2.45, 2.75) is 19.4 Å². The highest BCUT2D eigenvalue weighted by molar-refractivity contribution is 9.10. The zero-order chi connectivity index (χ0) is 12.1. The zero-order valence-corrected chi connectivity index (χ0v) is 12.2. The van der Waals surface area contributed by atoms with Crippen LogP contribution in [0, 0.1) is 0 Å². The third-order valence-corrected chi connectivity index (χ3v) is 3.57. The van der Waals surface area contributed by atoms with Crippen LogP contribution in [0.5, 0.6) is 0 Å². The van der Waals surface area contributed by atoms with E-state index in [0.717, 1.165) is 16.6 Å². The Morgan fingerprint density at radius 3 is 2.81 bits per heavy atom. The van der Waals surface area contributed by atoms with Crippen molar-refractivity contribution in [2.75, 3.05) is 12.0 Å². The second-order valence-corrected chi connectivity index (χ2v) is 5.51. The second kappa shape index (κ2) is 6.35. The zero-order valence-electron chi connectivity index (χ0n) is 9.79. The quantitative estimate of drug-likeness (QED) is 0.907. The molecule has 1 N–H and O–H groups in total. The van der Waals surface area contributed by atoms with E-state index in [-0.39, 0.29) is 11.9 Å². The highest BCUT2D eigenvalue weighted by Crippen LogP contribution is 2.14. The Kier molecular flexibility index (Phi) is 5.41. The lowest BCUT2D eigenvalue weighted by Crippen LogP contribution is -2.36. The Bertz CT molecular complexity index is 365. The summed E-state index contributed by atoms with van der Waals surface area (Å²) >= 11 is 5.11. The number of carbonyl (C=O) groups excluding carboxylic acids is 1. The van der Waals surface area contributed by atoms with Crippen LogP contribution in [-0.2, 0) is 7.05 Å². The number of hydrogen-bond acceptors (Lipinski definition) is 2. The molecule has 0 spiro atoms. The molecule has 0 aliphatic carbocycles.